The van der Waals surface area contributed by atoms with Crippen LogP contribution in [-0.2, 0) is 12.8 Å². The van der Waals surface area contributed by atoms with E-state index >= 15 is 0 Å². The summed E-state index contributed by atoms with van der Waals surface area (Å²) in [6.45, 7) is 6.77. The minimum atomic E-state index is 0.897. The standard InChI is InChI=1S/C23H28NO/c1-5-9-22-21-12-8-7-11-20(21)17(3)24(23(22)10-6-2)18-13-15-19(25-4)16-14-18/h7-8,11-16H,5-6,9-10H2,1-4H3/q+1. The van der Waals surface area contributed by atoms with E-state index in [-0.39, 0.29) is 0 Å². The van der Waals surface area contributed by atoms with Crippen molar-refractivity contribution in [3.63, 3.8) is 0 Å². The highest BCUT2D eigenvalue weighted by Gasteiger charge is 2.25. The first-order chi connectivity index (χ1) is 12.2. The van der Waals surface area contributed by atoms with Gasteiger partial charge in [-0.3, -0.25) is 0 Å². The van der Waals surface area contributed by atoms with E-state index in [9.17, 15) is 0 Å². The van der Waals surface area contributed by atoms with Crippen molar-refractivity contribution in [2.24, 2.45) is 0 Å². The number of hydrogen-bond donors (Lipinski definition) is 0. The molecule has 0 aliphatic heterocycles. The average Bonchev–Trinajstić information content (AvgIpc) is 2.65. The molecule has 1 aromatic heterocycles. The van der Waals surface area contributed by atoms with Crippen LogP contribution in [0.15, 0.2) is 48.5 Å². The zero-order valence-electron chi connectivity index (χ0n) is 15.8. The van der Waals surface area contributed by atoms with Crippen molar-refractivity contribution in [2.75, 3.05) is 7.11 Å². The van der Waals surface area contributed by atoms with Gasteiger partial charge in [-0.15, -0.1) is 0 Å². The molecule has 0 bridgehead atoms. The maximum absolute atomic E-state index is 5.34. The molecule has 0 aliphatic rings. The highest BCUT2D eigenvalue weighted by Crippen LogP contribution is 2.26. The van der Waals surface area contributed by atoms with Gasteiger partial charge in [-0.2, -0.15) is 4.57 Å². The van der Waals surface area contributed by atoms with Gasteiger partial charge < -0.3 is 4.74 Å². The minimum Gasteiger partial charge on any atom is -0.497 e. The SMILES string of the molecule is CCCc1c(CCC)[n+](-c2ccc(OC)cc2)c(C)c2ccccc12. The van der Waals surface area contributed by atoms with Crippen LogP contribution in [0.25, 0.3) is 16.5 Å². The van der Waals surface area contributed by atoms with Gasteiger partial charge in [-0.1, -0.05) is 38.5 Å². The van der Waals surface area contributed by atoms with E-state index in [1.54, 1.807) is 7.11 Å². The quantitative estimate of drug-likeness (QED) is 0.555. The number of pyridine rings is 1. The van der Waals surface area contributed by atoms with Gasteiger partial charge in [0.15, 0.2) is 11.4 Å². The topological polar surface area (TPSA) is 13.1 Å². The third kappa shape index (κ3) is 3.26. The molecule has 0 spiro atoms. The maximum Gasteiger partial charge on any atom is 0.211 e. The summed E-state index contributed by atoms with van der Waals surface area (Å²) in [7, 11) is 1.71. The van der Waals surface area contributed by atoms with Crippen molar-refractivity contribution in [1.82, 2.24) is 0 Å². The number of hydrogen-bond acceptors (Lipinski definition) is 1. The predicted molar refractivity (Wildman–Crippen MR) is 105 cm³/mol. The molecule has 25 heavy (non-hydrogen) atoms. The lowest BCUT2D eigenvalue weighted by Crippen LogP contribution is -2.40. The van der Waals surface area contributed by atoms with Crippen LogP contribution < -0.4 is 9.30 Å². The van der Waals surface area contributed by atoms with Crippen LogP contribution in [0, 0.1) is 6.92 Å². The van der Waals surface area contributed by atoms with Crippen molar-refractivity contribution in [3.05, 3.63) is 65.5 Å². The summed E-state index contributed by atoms with van der Waals surface area (Å²) in [5.74, 6) is 0.897. The van der Waals surface area contributed by atoms with Gasteiger partial charge in [0.2, 0.25) is 5.69 Å². The molecular weight excluding hydrogens is 306 g/mol. The summed E-state index contributed by atoms with van der Waals surface area (Å²) in [6.07, 6.45) is 4.51. The maximum atomic E-state index is 5.34. The summed E-state index contributed by atoms with van der Waals surface area (Å²) < 4.78 is 7.79. The average molecular weight is 334 g/mol. The number of benzene rings is 2. The number of aryl methyl sites for hydroxylation is 2. The molecule has 0 aliphatic carbocycles. The lowest BCUT2D eigenvalue weighted by Gasteiger charge is -2.15. The second-order valence-corrected chi connectivity index (χ2v) is 6.59. The summed E-state index contributed by atoms with van der Waals surface area (Å²) in [5, 5.41) is 2.76. The third-order valence-corrected chi connectivity index (χ3v) is 4.91. The Balaban J connectivity index is 2.34. The van der Waals surface area contributed by atoms with Gasteiger partial charge >= 0.3 is 0 Å². The van der Waals surface area contributed by atoms with Gasteiger partial charge in [-0.25, -0.2) is 0 Å². The second kappa shape index (κ2) is 7.69. The Hall–Kier alpha value is -2.35. The van der Waals surface area contributed by atoms with Crippen LogP contribution >= 0.6 is 0 Å². The Labute approximate surface area is 151 Å². The molecule has 130 valence electrons. The zero-order chi connectivity index (χ0) is 17.8. The van der Waals surface area contributed by atoms with Crippen molar-refractivity contribution >= 4 is 10.8 Å². The lowest BCUT2D eigenvalue weighted by atomic mass is 9.95. The first-order valence-corrected chi connectivity index (χ1v) is 9.30. The van der Waals surface area contributed by atoms with E-state index in [4.69, 9.17) is 4.74 Å². The van der Waals surface area contributed by atoms with Crippen molar-refractivity contribution < 1.29 is 9.30 Å². The zero-order valence-corrected chi connectivity index (χ0v) is 15.8. The number of rotatable bonds is 6. The largest absolute Gasteiger partial charge is 0.497 e. The number of nitrogens with zero attached hydrogens (tertiary/aromatic N) is 1. The number of fused-ring (bicyclic) bond motifs is 1. The van der Waals surface area contributed by atoms with E-state index in [1.165, 1.54) is 33.4 Å². The number of aromatic nitrogens is 1. The fraction of sp³-hybridized carbons (Fsp3) is 0.348. The van der Waals surface area contributed by atoms with Gasteiger partial charge in [0.25, 0.3) is 0 Å². The Morgan fingerprint density at radius 3 is 2.08 bits per heavy atom. The molecule has 3 rings (SSSR count). The molecular formula is C23H28NO+. The first kappa shape index (κ1) is 17.5. The molecule has 0 atom stereocenters. The third-order valence-electron chi connectivity index (χ3n) is 4.91. The summed E-state index contributed by atoms with van der Waals surface area (Å²) in [5.41, 5.74) is 5.47. The highest BCUT2D eigenvalue weighted by molar-refractivity contribution is 5.87. The van der Waals surface area contributed by atoms with Crippen LogP contribution in [0.4, 0.5) is 0 Å². The van der Waals surface area contributed by atoms with Crippen LogP contribution in [0.2, 0.25) is 0 Å². The molecule has 2 aromatic carbocycles. The van der Waals surface area contributed by atoms with E-state index in [2.05, 4.69) is 61.7 Å². The predicted octanol–water partition coefficient (Wildman–Crippen LogP) is 5.34. The Morgan fingerprint density at radius 1 is 0.840 bits per heavy atom. The Bertz CT molecular complexity index is 865. The van der Waals surface area contributed by atoms with Gasteiger partial charge in [-0.05, 0) is 36.4 Å². The van der Waals surface area contributed by atoms with Crippen molar-refractivity contribution in [1.29, 1.82) is 0 Å². The smallest absolute Gasteiger partial charge is 0.211 e. The van der Waals surface area contributed by atoms with Crippen molar-refractivity contribution in [3.8, 4) is 11.4 Å². The number of methoxy groups -OCH3 is 1. The molecule has 0 amide bonds. The molecule has 2 nitrogen and oxygen atoms in total. The second-order valence-electron chi connectivity index (χ2n) is 6.59. The minimum absolute atomic E-state index is 0.897. The van der Waals surface area contributed by atoms with Gasteiger partial charge in [0.1, 0.15) is 5.75 Å². The van der Waals surface area contributed by atoms with E-state index < -0.39 is 0 Å². The molecule has 3 aromatic rings. The molecule has 0 radical (unpaired) electrons. The van der Waals surface area contributed by atoms with Crippen LogP contribution in [0.1, 0.15) is 43.6 Å². The fourth-order valence-electron chi connectivity index (χ4n) is 3.78. The van der Waals surface area contributed by atoms with E-state index in [0.29, 0.717) is 0 Å². The number of ether oxygens (including phenoxy) is 1. The molecule has 2 heteroatoms. The van der Waals surface area contributed by atoms with Gasteiger partial charge in [0, 0.05) is 36.4 Å². The normalized spacial score (nSPS) is 11.0. The van der Waals surface area contributed by atoms with Crippen LogP contribution in [0.3, 0.4) is 0 Å². The lowest BCUT2D eigenvalue weighted by molar-refractivity contribution is -0.610. The van der Waals surface area contributed by atoms with Gasteiger partial charge in [0.05, 0.1) is 7.11 Å². The molecule has 0 saturated carbocycles. The summed E-state index contributed by atoms with van der Waals surface area (Å²) >= 11 is 0. The summed E-state index contributed by atoms with van der Waals surface area (Å²) in [6, 6.07) is 17.3. The van der Waals surface area contributed by atoms with Crippen molar-refractivity contribution in [2.45, 2.75) is 46.5 Å². The molecule has 0 saturated heterocycles. The first-order valence-electron chi connectivity index (χ1n) is 9.30. The molecule has 0 N–H and O–H groups in total. The van der Waals surface area contributed by atoms with E-state index in [1.807, 2.05) is 12.1 Å². The van der Waals surface area contributed by atoms with Crippen LogP contribution in [0.5, 0.6) is 5.75 Å². The fourth-order valence-corrected chi connectivity index (χ4v) is 3.78. The highest BCUT2D eigenvalue weighted by atomic mass is 16.5. The monoisotopic (exact) mass is 334 g/mol. The molecule has 1 heterocycles. The Kier molecular flexibility index (Phi) is 5.37. The van der Waals surface area contributed by atoms with E-state index in [0.717, 1.165) is 31.4 Å². The Morgan fingerprint density at radius 2 is 1.48 bits per heavy atom. The van der Waals surface area contributed by atoms with Crippen LogP contribution in [-0.4, -0.2) is 7.11 Å². The molecule has 0 fully saturated rings. The summed E-state index contributed by atoms with van der Waals surface area (Å²) in [4.78, 5) is 0. The molecule has 0 unspecified atom stereocenters.